The third kappa shape index (κ3) is 3.94. The number of esters is 1. The van der Waals surface area contributed by atoms with Gasteiger partial charge in [0.15, 0.2) is 4.80 Å². The summed E-state index contributed by atoms with van der Waals surface area (Å²) in [7, 11) is 2.92. The highest BCUT2D eigenvalue weighted by Crippen LogP contribution is 2.31. The summed E-state index contributed by atoms with van der Waals surface area (Å²) in [6.07, 6.45) is 1.80. The van der Waals surface area contributed by atoms with Crippen LogP contribution < -0.4 is 19.6 Å². The standard InChI is InChI=1S/C23H19ClN2O4S/c1-13-19(22(28)30-3)20(15-6-8-16(24)9-7-15)26-21(27)18(31-23(26)25-13)12-14-4-10-17(29-2)11-5-14/h4-12,20H,1-3H3/b18-12-. The van der Waals surface area contributed by atoms with Crippen molar-refractivity contribution in [1.29, 1.82) is 0 Å². The van der Waals surface area contributed by atoms with E-state index >= 15 is 0 Å². The zero-order chi connectivity index (χ0) is 22.1. The highest BCUT2D eigenvalue weighted by Gasteiger charge is 2.32. The maximum absolute atomic E-state index is 13.4. The molecular weight excluding hydrogens is 436 g/mol. The Morgan fingerprint density at radius 1 is 1.13 bits per heavy atom. The molecule has 0 bridgehead atoms. The number of ether oxygens (including phenoxy) is 2. The van der Waals surface area contributed by atoms with Crippen LogP contribution in [-0.2, 0) is 9.53 Å². The molecule has 1 aliphatic heterocycles. The molecule has 0 amide bonds. The second-order valence-electron chi connectivity index (χ2n) is 6.90. The van der Waals surface area contributed by atoms with E-state index in [1.54, 1.807) is 48.9 Å². The minimum absolute atomic E-state index is 0.228. The molecule has 3 aromatic rings. The average Bonchev–Trinajstić information content (AvgIpc) is 3.08. The average molecular weight is 455 g/mol. The SMILES string of the molecule is COC(=O)C1=C(C)N=c2s/c(=C\c3ccc(OC)cc3)c(=O)n2C1c1ccc(Cl)cc1. The van der Waals surface area contributed by atoms with Gasteiger partial charge in [-0.3, -0.25) is 9.36 Å². The third-order valence-corrected chi connectivity index (χ3v) is 6.26. The Hall–Kier alpha value is -3.16. The van der Waals surface area contributed by atoms with Crippen LogP contribution in [0.25, 0.3) is 6.08 Å². The van der Waals surface area contributed by atoms with Gasteiger partial charge in [-0.05, 0) is 48.4 Å². The van der Waals surface area contributed by atoms with Crippen molar-refractivity contribution in [3.8, 4) is 5.75 Å². The zero-order valence-corrected chi connectivity index (χ0v) is 18.7. The number of hydrogen-bond acceptors (Lipinski definition) is 6. The van der Waals surface area contributed by atoms with E-state index in [0.29, 0.717) is 25.6 Å². The van der Waals surface area contributed by atoms with E-state index < -0.39 is 12.0 Å². The molecule has 0 saturated carbocycles. The van der Waals surface area contributed by atoms with Crippen LogP contribution in [0.3, 0.4) is 0 Å². The first-order chi connectivity index (χ1) is 14.9. The minimum atomic E-state index is -0.654. The first-order valence-corrected chi connectivity index (χ1v) is 10.6. The van der Waals surface area contributed by atoms with Crippen molar-refractivity contribution in [1.82, 2.24) is 4.57 Å². The van der Waals surface area contributed by atoms with Gasteiger partial charge in [0.05, 0.1) is 36.1 Å². The van der Waals surface area contributed by atoms with Gasteiger partial charge in [0.25, 0.3) is 5.56 Å². The van der Waals surface area contributed by atoms with Crippen molar-refractivity contribution in [2.45, 2.75) is 13.0 Å². The van der Waals surface area contributed by atoms with E-state index in [1.807, 2.05) is 24.3 Å². The van der Waals surface area contributed by atoms with Crippen molar-refractivity contribution in [2.75, 3.05) is 14.2 Å². The third-order valence-electron chi connectivity index (χ3n) is 5.03. The smallest absolute Gasteiger partial charge is 0.338 e. The summed E-state index contributed by atoms with van der Waals surface area (Å²) in [5.74, 6) is 0.213. The van der Waals surface area contributed by atoms with Gasteiger partial charge in [0, 0.05) is 5.02 Å². The van der Waals surface area contributed by atoms with Crippen LogP contribution in [0.1, 0.15) is 24.1 Å². The number of nitrogens with zero attached hydrogens (tertiary/aromatic N) is 2. The van der Waals surface area contributed by atoms with Gasteiger partial charge in [0.1, 0.15) is 5.75 Å². The van der Waals surface area contributed by atoms with Gasteiger partial charge < -0.3 is 9.47 Å². The van der Waals surface area contributed by atoms with E-state index in [2.05, 4.69) is 4.99 Å². The van der Waals surface area contributed by atoms with Gasteiger partial charge in [-0.1, -0.05) is 47.2 Å². The first-order valence-electron chi connectivity index (χ1n) is 9.43. The van der Waals surface area contributed by atoms with Gasteiger partial charge in [-0.2, -0.15) is 0 Å². The van der Waals surface area contributed by atoms with Crippen LogP contribution in [0.2, 0.25) is 5.02 Å². The molecule has 1 aromatic heterocycles. The van der Waals surface area contributed by atoms with Gasteiger partial charge in [-0.15, -0.1) is 0 Å². The Labute approximate surface area is 187 Å². The topological polar surface area (TPSA) is 69.9 Å². The molecule has 0 radical (unpaired) electrons. The van der Waals surface area contributed by atoms with Crippen molar-refractivity contribution in [3.05, 3.63) is 95.6 Å². The first kappa shape index (κ1) is 21.1. The summed E-state index contributed by atoms with van der Waals surface area (Å²) in [6, 6.07) is 13.8. The quantitative estimate of drug-likeness (QED) is 0.568. The Morgan fingerprint density at radius 2 is 1.81 bits per heavy atom. The van der Waals surface area contributed by atoms with Gasteiger partial charge >= 0.3 is 5.97 Å². The van der Waals surface area contributed by atoms with Crippen molar-refractivity contribution in [2.24, 2.45) is 4.99 Å². The lowest BCUT2D eigenvalue weighted by atomic mass is 9.96. The number of rotatable bonds is 4. The number of carbonyl (C=O) groups is 1. The zero-order valence-electron chi connectivity index (χ0n) is 17.1. The summed E-state index contributed by atoms with van der Waals surface area (Å²) >= 11 is 7.33. The highest BCUT2D eigenvalue weighted by atomic mass is 35.5. The molecule has 0 fully saturated rings. The second-order valence-corrected chi connectivity index (χ2v) is 8.34. The largest absolute Gasteiger partial charge is 0.497 e. The normalized spacial score (nSPS) is 16.0. The molecule has 4 rings (SSSR count). The molecule has 8 heteroatoms. The van der Waals surface area contributed by atoms with E-state index in [9.17, 15) is 9.59 Å². The van der Waals surface area contributed by atoms with E-state index in [4.69, 9.17) is 21.1 Å². The molecular formula is C23H19ClN2O4S. The van der Waals surface area contributed by atoms with Crippen LogP contribution in [0, 0.1) is 0 Å². The molecule has 2 aromatic carbocycles. The Bertz CT molecular complexity index is 1350. The molecule has 2 heterocycles. The summed E-state index contributed by atoms with van der Waals surface area (Å²) in [5.41, 5.74) is 2.22. The molecule has 1 aliphatic rings. The predicted molar refractivity (Wildman–Crippen MR) is 120 cm³/mol. The van der Waals surface area contributed by atoms with E-state index in [0.717, 1.165) is 16.9 Å². The number of aromatic nitrogens is 1. The fourth-order valence-electron chi connectivity index (χ4n) is 3.50. The van der Waals surface area contributed by atoms with Crippen molar-refractivity contribution >= 4 is 35.0 Å². The fourth-order valence-corrected chi connectivity index (χ4v) is 4.68. The number of allylic oxidation sites excluding steroid dienone is 1. The number of methoxy groups -OCH3 is 2. The number of halogens is 1. The Morgan fingerprint density at radius 3 is 2.42 bits per heavy atom. The summed E-state index contributed by atoms with van der Waals surface area (Å²) in [4.78, 5) is 31.1. The molecule has 6 nitrogen and oxygen atoms in total. The number of benzene rings is 2. The molecule has 0 N–H and O–H groups in total. The van der Waals surface area contributed by atoms with Crippen LogP contribution >= 0.6 is 22.9 Å². The van der Waals surface area contributed by atoms with E-state index in [1.165, 1.54) is 18.4 Å². The number of fused-ring (bicyclic) bond motifs is 1. The molecule has 31 heavy (non-hydrogen) atoms. The molecule has 1 atom stereocenters. The van der Waals surface area contributed by atoms with Crippen molar-refractivity contribution in [3.63, 3.8) is 0 Å². The van der Waals surface area contributed by atoms with Gasteiger partial charge in [-0.25, -0.2) is 9.79 Å². The second kappa shape index (κ2) is 8.53. The number of carbonyl (C=O) groups excluding carboxylic acids is 1. The predicted octanol–water partition coefficient (Wildman–Crippen LogP) is 3.07. The van der Waals surface area contributed by atoms with Crippen LogP contribution in [0.5, 0.6) is 5.75 Å². The fraction of sp³-hybridized carbons (Fsp3) is 0.174. The maximum Gasteiger partial charge on any atom is 0.338 e. The number of hydrogen-bond donors (Lipinski definition) is 0. The summed E-state index contributed by atoms with van der Waals surface area (Å²) < 4.78 is 12.2. The molecule has 158 valence electrons. The van der Waals surface area contributed by atoms with Gasteiger partial charge in [0.2, 0.25) is 0 Å². The Kier molecular flexibility index (Phi) is 5.80. The lowest BCUT2D eigenvalue weighted by Crippen LogP contribution is -2.39. The highest BCUT2D eigenvalue weighted by molar-refractivity contribution is 7.07. The van der Waals surface area contributed by atoms with Crippen LogP contribution in [0.4, 0.5) is 0 Å². The maximum atomic E-state index is 13.4. The summed E-state index contributed by atoms with van der Waals surface area (Å²) in [6.45, 7) is 1.75. The van der Waals surface area contributed by atoms with Crippen molar-refractivity contribution < 1.29 is 14.3 Å². The minimum Gasteiger partial charge on any atom is -0.497 e. The monoisotopic (exact) mass is 454 g/mol. The summed E-state index contributed by atoms with van der Waals surface area (Å²) in [5, 5.41) is 0.566. The lowest BCUT2D eigenvalue weighted by molar-refractivity contribution is -0.136. The van der Waals surface area contributed by atoms with Crippen LogP contribution in [0.15, 0.2) is 69.6 Å². The Balaban J connectivity index is 1.93. The molecule has 0 spiro atoms. The lowest BCUT2D eigenvalue weighted by Gasteiger charge is -2.24. The van der Waals surface area contributed by atoms with E-state index in [-0.39, 0.29) is 5.56 Å². The molecule has 0 saturated heterocycles. The molecule has 0 aliphatic carbocycles. The molecule has 1 unspecified atom stereocenters. The van der Waals surface area contributed by atoms with Crippen LogP contribution in [-0.4, -0.2) is 24.8 Å². The number of thiazole rings is 1.